The zero-order chi connectivity index (χ0) is 7.78. The molecule has 3 heteroatoms. The van der Waals surface area contributed by atoms with Crippen LogP contribution in [0.1, 0.15) is 0 Å². The molecule has 56 valence electrons. The largest absolute Gasteiger partial charge is 0.412 e. The van der Waals surface area contributed by atoms with Crippen molar-refractivity contribution in [2.45, 2.75) is 19.6 Å². The molecule has 1 nitrogen and oxygen atoms in total. The van der Waals surface area contributed by atoms with Crippen LogP contribution in [0, 0.1) is 0 Å². The summed E-state index contributed by atoms with van der Waals surface area (Å²) in [6, 6.07) is 2.20. The number of hydrogen-bond donors (Lipinski definition) is 0. The average molecular weight is 169 g/mol. The molecule has 0 saturated carbocycles. The topological polar surface area (TPSA) is 4.93 Å². The molecule has 0 saturated heterocycles. The summed E-state index contributed by atoms with van der Waals surface area (Å²) in [5.74, 6) is 0. The molecule has 1 aromatic rings. The molecule has 1 rings (SSSR count). The zero-order valence-corrected chi connectivity index (χ0v) is 9.18. The van der Waals surface area contributed by atoms with Gasteiger partial charge in [-0.1, -0.05) is 31.4 Å². The smallest absolute Gasteiger partial charge is 0.142 e. The standard InChI is InChI=1S/C7H15NSi2/c1-9-7-5-6-8(9)10(2,3)4/h5-7H,1-4H3. The summed E-state index contributed by atoms with van der Waals surface area (Å²) in [4.78, 5) is 0. The Hall–Kier alpha value is -0.156. The van der Waals surface area contributed by atoms with E-state index >= 15 is 0 Å². The second-order valence-electron chi connectivity index (χ2n) is 3.69. The van der Waals surface area contributed by atoms with E-state index in [9.17, 15) is 0 Å². The lowest BCUT2D eigenvalue weighted by molar-refractivity contribution is 1.24. The van der Waals surface area contributed by atoms with Crippen LogP contribution in [0.15, 0.2) is 17.9 Å². The molecule has 0 aliphatic carbocycles. The van der Waals surface area contributed by atoms with Crippen LogP contribution in [-0.4, -0.2) is 20.7 Å². The quantitative estimate of drug-likeness (QED) is 0.564. The predicted molar refractivity (Wildman–Crippen MR) is 50.1 cm³/mol. The predicted octanol–water partition coefficient (Wildman–Crippen LogP) is 1.73. The van der Waals surface area contributed by atoms with Crippen LogP contribution in [0.5, 0.6) is 0 Å². The third kappa shape index (κ3) is 1.46. The molecule has 1 heterocycles. The van der Waals surface area contributed by atoms with Crippen LogP contribution in [0.25, 0.3) is 0 Å². The minimum Gasteiger partial charge on any atom is -0.412 e. The van der Waals surface area contributed by atoms with Crippen molar-refractivity contribution in [2.24, 2.45) is 6.55 Å². The molecule has 0 N–H and O–H groups in total. The van der Waals surface area contributed by atoms with E-state index in [2.05, 4.69) is 48.0 Å². The molecular formula is C7H15NSi2. The van der Waals surface area contributed by atoms with Gasteiger partial charge in [0.05, 0.1) is 0 Å². The third-order valence-electron chi connectivity index (χ3n) is 1.68. The van der Waals surface area contributed by atoms with Crippen molar-refractivity contribution in [2.75, 3.05) is 0 Å². The number of hydrogen-bond acceptors (Lipinski definition) is 0. The second kappa shape index (κ2) is 2.47. The highest BCUT2D eigenvalue weighted by Crippen LogP contribution is 2.04. The molecule has 0 amide bonds. The molecule has 1 aromatic heterocycles. The normalized spacial score (nSPS) is 12.0. The highest BCUT2D eigenvalue weighted by atomic mass is 28.4. The van der Waals surface area contributed by atoms with E-state index in [1.54, 1.807) is 0 Å². The van der Waals surface area contributed by atoms with E-state index in [1.807, 2.05) is 0 Å². The van der Waals surface area contributed by atoms with Crippen LogP contribution in [0.2, 0.25) is 19.6 Å². The Morgan fingerprint density at radius 3 is 2.10 bits per heavy atom. The first-order valence-electron chi connectivity index (χ1n) is 3.66. The molecule has 0 aliphatic rings. The highest BCUT2D eigenvalue weighted by molar-refractivity contribution is 6.80. The van der Waals surface area contributed by atoms with Gasteiger partial charge in [-0.25, -0.2) is 0 Å². The van der Waals surface area contributed by atoms with Crippen LogP contribution in [0.4, 0.5) is 0 Å². The number of aromatic nitrogens is 1. The molecule has 0 aromatic carbocycles. The molecule has 0 unspecified atom stereocenters. The van der Waals surface area contributed by atoms with Crippen molar-refractivity contribution in [1.82, 2.24) is 3.89 Å². The minimum atomic E-state index is -1.03. The first-order chi connectivity index (χ1) is 4.52. The fourth-order valence-corrected chi connectivity index (χ4v) is 7.05. The molecule has 10 heavy (non-hydrogen) atoms. The monoisotopic (exact) mass is 169 g/mol. The van der Waals surface area contributed by atoms with Gasteiger partial charge in [0, 0.05) is 0 Å². The van der Waals surface area contributed by atoms with Crippen molar-refractivity contribution >= 4 is 16.8 Å². The van der Waals surface area contributed by atoms with Gasteiger partial charge in [-0.2, -0.15) is 0 Å². The Balaban J connectivity index is 3.05. The maximum atomic E-state index is 2.59. The summed E-state index contributed by atoms with van der Waals surface area (Å²) in [6.45, 7) is 9.53. The molecule has 0 spiro atoms. The highest BCUT2D eigenvalue weighted by Gasteiger charge is 2.15. The fourth-order valence-electron chi connectivity index (χ4n) is 1.22. The Morgan fingerprint density at radius 1 is 1.30 bits per heavy atom. The van der Waals surface area contributed by atoms with Crippen molar-refractivity contribution in [3.8, 4) is 0 Å². The lowest BCUT2D eigenvalue weighted by atomic mass is 10.8. The third-order valence-corrected chi connectivity index (χ3v) is 7.92. The molecule has 0 bridgehead atoms. The first-order valence-corrected chi connectivity index (χ1v) is 9.13. The summed E-state index contributed by atoms with van der Waals surface area (Å²) in [5, 5.41) is 0. The van der Waals surface area contributed by atoms with Gasteiger partial charge in [0.1, 0.15) is 16.8 Å². The van der Waals surface area contributed by atoms with Crippen LogP contribution < -0.4 is 0 Å². The first kappa shape index (κ1) is 7.95. The van der Waals surface area contributed by atoms with Gasteiger partial charge in [-0.15, -0.1) is 0 Å². The van der Waals surface area contributed by atoms with E-state index in [0.29, 0.717) is 0 Å². The molecular weight excluding hydrogens is 154 g/mol. The minimum absolute atomic E-state index is 0.294. The van der Waals surface area contributed by atoms with Crippen LogP contribution in [0.3, 0.4) is 0 Å². The Kier molecular flexibility index (Phi) is 1.96. The lowest BCUT2D eigenvalue weighted by Gasteiger charge is -2.20. The van der Waals surface area contributed by atoms with Gasteiger partial charge < -0.3 is 3.89 Å². The fraction of sp³-hybridized carbons (Fsp3) is 0.571. The van der Waals surface area contributed by atoms with Gasteiger partial charge >= 0.3 is 0 Å². The van der Waals surface area contributed by atoms with Gasteiger partial charge in [0.2, 0.25) is 0 Å². The Morgan fingerprint density at radius 2 is 1.90 bits per heavy atom. The molecule has 0 aliphatic heterocycles. The van der Waals surface area contributed by atoms with Crippen molar-refractivity contribution in [3.63, 3.8) is 0 Å². The van der Waals surface area contributed by atoms with E-state index in [-0.39, 0.29) is 8.57 Å². The zero-order valence-electron chi connectivity index (χ0n) is 7.18. The Bertz CT molecular complexity index is 222. The average Bonchev–Trinajstić information content (AvgIpc) is 2.11. The van der Waals surface area contributed by atoms with Gasteiger partial charge in [-0.05, 0) is 12.7 Å². The van der Waals surface area contributed by atoms with Gasteiger partial charge in [0.25, 0.3) is 0 Å². The van der Waals surface area contributed by atoms with Crippen LogP contribution in [-0.2, 0) is 6.55 Å². The number of aryl methyl sites for hydroxylation is 1. The summed E-state index contributed by atoms with van der Waals surface area (Å²) in [7, 11) is -1.32. The summed E-state index contributed by atoms with van der Waals surface area (Å²) < 4.78 is 2.59. The van der Waals surface area contributed by atoms with Gasteiger partial charge in [0.15, 0.2) is 0 Å². The van der Waals surface area contributed by atoms with Crippen molar-refractivity contribution < 1.29 is 0 Å². The number of nitrogens with zero attached hydrogens (tertiary/aromatic N) is 1. The molecule has 0 atom stereocenters. The van der Waals surface area contributed by atoms with Crippen molar-refractivity contribution in [1.29, 1.82) is 0 Å². The molecule has 0 radical (unpaired) electrons. The lowest BCUT2D eigenvalue weighted by Crippen LogP contribution is -2.36. The molecule has 0 fully saturated rings. The van der Waals surface area contributed by atoms with Gasteiger partial charge in [-0.3, -0.25) is 0 Å². The van der Waals surface area contributed by atoms with E-state index in [0.717, 1.165) is 0 Å². The maximum Gasteiger partial charge on any atom is 0.142 e. The SMILES string of the molecule is C[si]1cccn1[Si](C)(C)C. The van der Waals surface area contributed by atoms with Crippen molar-refractivity contribution in [3.05, 3.63) is 17.9 Å². The Labute approximate surface area is 65.4 Å². The van der Waals surface area contributed by atoms with E-state index in [4.69, 9.17) is 0 Å². The summed E-state index contributed by atoms with van der Waals surface area (Å²) in [5.41, 5.74) is 2.35. The summed E-state index contributed by atoms with van der Waals surface area (Å²) in [6.07, 6.45) is 2.26. The second-order valence-corrected chi connectivity index (χ2v) is 11.1. The van der Waals surface area contributed by atoms with E-state index < -0.39 is 8.24 Å². The van der Waals surface area contributed by atoms with E-state index in [1.165, 1.54) is 0 Å². The summed E-state index contributed by atoms with van der Waals surface area (Å²) >= 11 is 0. The number of rotatable bonds is 1. The maximum absolute atomic E-state index is 2.59. The van der Waals surface area contributed by atoms with Crippen LogP contribution >= 0.6 is 0 Å².